The number of ether oxygens (including phenoxy) is 2. The molecule has 0 N–H and O–H groups in total. The van der Waals surface area contributed by atoms with Crippen LogP contribution in [-0.2, 0) is 0 Å². The molecule has 24 heavy (non-hydrogen) atoms. The highest BCUT2D eigenvalue weighted by molar-refractivity contribution is 7.81. The standard InChI is InChI=1S/C20H26O2S2/c1-14(23)12-21-19-8-4-17(5-9-19)16(3)18-6-10-20(11-7-18)22-13-15(2)24/h4-11,14-16,23-24H,12-13H2,1-3H3. The Morgan fingerprint density at radius 1 is 0.667 bits per heavy atom. The summed E-state index contributed by atoms with van der Waals surface area (Å²) in [5, 5.41) is 0.463. The first-order valence-corrected chi connectivity index (χ1v) is 9.30. The topological polar surface area (TPSA) is 18.5 Å². The van der Waals surface area contributed by atoms with Crippen molar-refractivity contribution in [1.82, 2.24) is 0 Å². The molecule has 0 aliphatic rings. The number of hydrogen-bond donors (Lipinski definition) is 2. The van der Waals surface area contributed by atoms with Crippen LogP contribution >= 0.6 is 25.3 Å². The molecule has 0 radical (unpaired) electrons. The van der Waals surface area contributed by atoms with Gasteiger partial charge in [-0.15, -0.1) is 0 Å². The van der Waals surface area contributed by atoms with Crippen LogP contribution in [0.4, 0.5) is 0 Å². The second-order valence-corrected chi connectivity index (χ2v) is 7.94. The molecule has 2 nitrogen and oxygen atoms in total. The van der Waals surface area contributed by atoms with Gasteiger partial charge in [0.2, 0.25) is 0 Å². The summed E-state index contributed by atoms with van der Waals surface area (Å²) >= 11 is 8.65. The lowest BCUT2D eigenvalue weighted by molar-refractivity contribution is 0.322. The lowest BCUT2D eigenvalue weighted by Crippen LogP contribution is -2.07. The number of benzene rings is 2. The highest BCUT2D eigenvalue weighted by atomic mass is 32.1. The summed E-state index contributed by atoms with van der Waals surface area (Å²) in [6.45, 7) is 7.47. The van der Waals surface area contributed by atoms with Gasteiger partial charge in [-0.1, -0.05) is 45.0 Å². The van der Waals surface area contributed by atoms with Gasteiger partial charge in [0, 0.05) is 16.4 Å². The summed E-state index contributed by atoms with van der Waals surface area (Å²) in [6.07, 6.45) is 0. The third-order valence-electron chi connectivity index (χ3n) is 3.74. The van der Waals surface area contributed by atoms with Crippen molar-refractivity contribution in [3.8, 4) is 11.5 Å². The summed E-state index contributed by atoms with van der Waals surface area (Å²) in [6, 6.07) is 16.6. The van der Waals surface area contributed by atoms with Crippen molar-refractivity contribution in [1.29, 1.82) is 0 Å². The van der Waals surface area contributed by atoms with E-state index < -0.39 is 0 Å². The van der Waals surface area contributed by atoms with Gasteiger partial charge in [0.1, 0.15) is 11.5 Å². The molecule has 0 aromatic heterocycles. The molecule has 2 rings (SSSR count). The number of thiol groups is 2. The fourth-order valence-electron chi connectivity index (χ4n) is 2.33. The predicted molar refractivity (Wildman–Crippen MR) is 108 cm³/mol. The molecule has 2 unspecified atom stereocenters. The molecular formula is C20H26O2S2. The van der Waals surface area contributed by atoms with Crippen LogP contribution in [-0.4, -0.2) is 23.7 Å². The van der Waals surface area contributed by atoms with Gasteiger partial charge in [-0.3, -0.25) is 0 Å². The molecule has 2 aromatic rings. The van der Waals surface area contributed by atoms with Crippen LogP contribution in [0.5, 0.6) is 11.5 Å². The van der Waals surface area contributed by atoms with Crippen LogP contribution in [0.15, 0.2) is 48.5 Å². The minimum Gasteiger partial charge on any atom is -0.492 e. The van der Waals surface area contributed by atoms with E-state index >= 15 is 0 Å². The van der Waals surface area contributed by atoms with Crippen molar-refractivity contribution < 1.29 is 9.47 Å². The van der Waals surface area contributed by atoms with E-state index in [-0.39, 0.29) is 10.5 Å². The van der Waals surface area contributed by atoms with Gasteiger partial charge in [-0.2, -0.15) is 25.3 Å². The Bertz CT molecular complexity index is 551. The van der Waals surface area contributed by atoms with Crippen molar-refractivity contribution in [3.63, 3.8) is 0 Å². The molecule has 0 heterocycles. The summed E-state index contributed by atoms with van der Waals surface area (Å²) in [7, 11) is 0. The number of hydrogen-bond acceptors (Lipinski definition) is 4. The fourth-order valence-corrected chi connectivity index (χ4v) is 2.48. The molecule has 2 aromatic carbocycles. The van der Waals surface area contributed by atoms with Gasteiger partial charge >= 0.3 is 0 Å². The second kappa shape index (κ2) is 9.28. The first kappa shape index (κ1) is 19.1. The Morgan fingerprint density at radius 2 is 1.00 bits per heavy atom. The first-order valence-electron chi connectivity index (χ1n) is 8.27. The maximum Gasteiger partial charge on any atom is 0.119 e. The Labute approximate surface area is 156 Å². The molecule has 2 atom stereocenters. The first-order chi connectivity index (χ1) is 11.5. The monoisotopic (exact) mass is 362 g/mol. The van der Waals surface area contributed by atoms with Crippen molar-refractivity contribution in [3.05, 3.63) is 59.7 Å². The zero-order valence-electron chi connectivity index (χ0n) is 14.5. The Kier molecular flexibility index (Phi) is 7.38. The summed E-state index contributed by atoms with van der Waals surface area (Å²) in [5.74, 6) is 2.09. The average molecular weight is 363 g/mol. The maximum absolute atomic E-state index is 5.67. The third-order valence-corrected chi connectivity index (χ3v) is 4.04. The van der Waals surface area contributed by atoms with Crippen molar-refractivity contribution >= 4 is 25.3 Å². The van der Waals surface area contributed by atoms with Gasteiger partial charge in [0.25, 0.3) is 0 Å². The molecule has 0 saturated heterocycles. The van der Waals surface area contributed by atoms with E-state index in [0.29, 0.717) is 19.1 Å². The van der Waals surface area contributed by atoms with Crippen LogP contribution in [0.2, 0.25) is 0 Å². The molecular weight excluding hydrogens is 336 g/mol. The Balaban J connectivity index is 1.98. The van der Waals surface area contributed by atoms with Crippen molar-refractivity contribution in [2.24, 2.45) is 0 Å². The fraction of sp³-hybridized carbons (Fsp3) is 0.400. The van der Waals surface area contributed by atoms with Gasteiger partial charge in [0.05, 0.1) is 13.2 Å². The van der Waals surface area contributed by atoms with Gasteiger partial charge < -0.3 is 9.47 Å². The molecule has 130 valence electrons. The average Bonchev–Trinajstić information content (AvgIpc) is 2.58. The largest absolute Gasteiger partial charge is 0.492 e. The quantitative estimate of drug-likeness (QED) is 0.626. The molecule has 0 bridgehead atoms. The number of rotatable bonds is 8. The zero-order valence-corrected chi connectivity index (χ0v) is 16.3. The van der Waals surface area contributed by atoms with E-state index in [4.69, 9.17) is 9.47 Å². The Hall–Kier alpha value is -1.26. The van der Waals surface area contributed by atoms with E-state index in [1.54, 1.807) is 0 Å². The highest BCUT2D eigenvalue weighted by Crippen LogP contribution is 2.27. The van der Waals surface area contributed by atoms with E-state index in [9.17, 15) is 0 Å². The van der Waals surface area contributed by atoms with Crippen LogP contribution in [0, 0.1) is 0 Å². The maximum atomic E-state index is 5.67. The normalized spacial score (nSPS) is 14.7. The van der Waals surface area contributed by atoms with Crippen LogP contribution in [0.3, 0.4) is 0 Å². The molecule has 0 saturated carbocycles. The molecule has 0 spiro atoms. The van der Waals surface area contributed by atoms with Gasteiger partial charge in [0.15, 0.2) is 0 Å². The van der Waals surface area contributed by atoms with Crippen molar-refractivity contribution in [2.45, 2.75) is 37.2 Å². The second-order valence-electron chi connectivity index (χ2n) is 6.18. The predicted octanol–water partition coefficient (Wildman–Crippen LogP) is 5.23. The van der Waals surface area contributed by atoms with E-state index in [1.165, 1.54) is 11.1 Å². The van der Waals surface area contributed by atoms with Crippen LogP contribution < -0.4 is 9.47 Å². The van der Waals surface area contributed by atoms with Crippen molar-refractivity contribution in [2.75, 3.05) is 13.2 Å². The summed E-state index contributed by atoms with van der Waals surface area (Å²) in [4.78, 5) is 0. The van der Waals surface area contributed by atoms with Gasteiger partial charge in [-0.05, 0) is 35.4 Å². The molecule has 0 aliphatic heterocycles. The molecule has 0 amide bonds. The van der Waals surface area contributed by atoms with Gasteiger partial charge in [-0.25, -0.2) is 0 Å². The van der Waals surface area contributed by atoms with E-state index in [1.807, 2.05) is 38.1 Å². The molecule has 0 aliphatic carbocycles. The minimum absolute atomic E-state index is 0.231. The van der Waals surface area contributed by atoms with Crippen LogP contribution in [0.25, 0.3) is 0 Å². The van der Waals surface area contributed by atoms with E-state index in [2.05, 4.69) is 56.4 Å². The van der Waals surface area contributed by atoms with E-state index in [0.717, 1.165) is 11.5 Å². The molecule has 4 heteroatoms. The highest BCUT2D eigenvalue weighted by Gasteiger charge is 2.09. The minimum atomic E-state index is 0.231. The van der Waals surface area contributed by atoms with Crippen LogP contribution in [0.1, 0.15) is 37.8 Å². The lowest BCUT2D eigenvalue weighted by Gasteiger charge is -2.15. The molecule has 0 fully saturated rings. The smallest absolute Gasteiger partial charge is 0.119 e. The Morgan fingerprint density at radius 3 is 1.29 bits per heavy atom. The summed E-state index contributed by atoms with van der Waals surface area (Å²) in [5.41, 5.74) is 2.53. The third kappa shape index (κ3) is 5.99. The summed E-state index contributed by atoms with van der Waals surface area (Å²) < 4.78 is 11.3. The zero-order chi connectivity index (χ0) is 17.5. The lowest BCUT2D eigenvalue weighted by atomic mass is 9.93. The SMILES string of the molecule is CC(S)COc1ccc(C(C)c2ccc(OCC(C)S)cc2)cc1.